The number of ether oxygens (including phenoxy) is 1. The average Bonchev–Trinajstić information content (AvgIpc) is 3.09. The predicted octanol–water partition coefficient (Wildman–Crippen LogP) is 4.18. The van der Waals surface area contributed by atoms with E-state index in [9.17, 15) is 12.8 Å². The van der Waals surface area contributed by atoms with E-state index in [0.29, 0.717) is 33.3 Å². The average molecular weight is 414 g/mol. The monoisotopic (exact) mass is 414 g/mol. The molecule has 0 bridgehead atoms. The predicted molar refractivity (Wildman–Crippen MR) is 110 cm³/mol. The summed E-state index contributed by atoms with van der Waals surface area (Å²) in [5.41, 5.74) is 1.83. The molecule has 29 heavy (non-hydrogen) atoms. The summed E-state index contributed by atoms with van der Waals surface area (Å²) in [6.45, 7) is 3.23. The zero-order chi connectivity index (χ0) is 20.8. The fourth-order valence-electron chi connectivity index (χ4n) is 3.11. The maximum absolute atomic E-state index is 13.7. The standard InChI is InChI=1S/C20H19FN4O3S/c1-11(2)29(26,27)19-9-13-15(6-7-22-17(13)10-18(19)28-3)23-20-14-8-12(21)4-5-16(14)24-25-20/h4-11H,1-3H3,(H2,22,23,24,25). The summed E-state index contributed by atoms with van der Waals surface area (Å²) in [6.07, 6.45) is 1.59. The Bertz CT molecular complexity index is 1330. The first-order valence-corrected chi connectivity index (χ1v) is 10.5. The summed E-state index contributed by atoms with van der Waals surface area (Å²) >= 11 is 0. The lowest BCUT2D eigenvalue weighted by Crippen LogP contribution is -2.15. The first kappa shape index (κ1) is 19.1. The van der Waals surface area contributed by atoms with Crippen molar-refractivity contribution in [3.8, 4) is 5.75 Å². The van der Waals surface area contributed by atoms with Crippen LogP contribution in [-0.4, -0.2) is 36.0 Å². The highest BCUT2D eigenvalue weighted by Crippen LogP contribution is 2.35. The number of fused-ring (bicyclic) bond motifs is 2. The van der Waals surface area contributed by atoms with Gasteiger partial charge in [-0.1, -0.05) is 0 Å². The third-order valence-electron chi connectivity index (χ3n) is 4.73. The van der Waals surface area contributed by atoms with E-state index >= 15 is 0 Å². The Kier molecular flexibility index (Phi) is 4.62. The molecule has 0 aliphatic carbocycles. The molecule has 0 aliphatic heterocycles. The van der Waals surface area contributed by atoms with Gasteiger partial charge in [0.1, 0.15) is 16.5 Å². The maximum Gasteiger partial charge on any atom is 0.184 e. The van der Waals surface area contributed by atoms with Crippen LogP contribution in [0.2, 0.25) is 0 Å². The van der Waals surface area contributed by atoms with Crippen LogP contribution in [0.15, 0.2) is 47.5 Å². The van der Waals surface area contributed by atoms with E-state index in [1.165, 1.54) is 19.2 Å². The van der Waals surface area contributed by atoms with Gasteiger partial charge in [0.25, 0.3) is 0 Å². The maximum atomic E-state index is 13.7. The largest absolute Gasteiger partial charge is 0.495 e. The summed E-state index contributed by atoms with van der Waals surface area (Å²) in [5, 5.41) is 10.8. The van der Waals surface area contributed by atoms with Crippen LogP contribution in [0, 0.1) is 5.82 Å². The minimum Gasteiger partial charge on any atom is -0.495 e. The van der Waals surface area contributed by atoms with E-state index in [1.807, 2.05) is 0 Å². The highest BCUT2D eigenvalue weighted by molar-refractivity contribution is 7.92. The Morgan fingerprint density at radius 2 is 1.93 bits per heavy atom. The van der Waals surface area contributed by atoms with Crippen molar-refractivity contribution >= 4 is 43.1 Å². The smallest absolute Gasteiger partial charge is 0.184 e. The van der Waals surface area contributed by atoms with Crippen LogP contribution in [0.3, 0.4) is 0 Å². The number of benzene rings is 2. The summed E-state index contributed by atoms with van der Waals surface area (Å²) < 4.78 is 44.6. The highest BCUT2D eigenvalue weighted by Gasteiger charge is 2.25. The summed E-state index contributed by atoms with van der Waals surface area (Å²) in [6, 6.07) is 9.18. The summed E-state index contributed by atoms with van der Waals surface area (Å²) in [4.78, 5) is 4.42. The molecule has 9 heteroatoms. The van der Waals surface area contributed by atoms with Crippen LogP contribution in [-0.2, 0) is 9.84 Å². The molecule has 0 radical (unpaired) electrons. The number of pyridine rings is 1. The Balaban J connectivity index is 1.90. The molecule has 2 heterocycles. The van der Waals surface area contributed by atoms with Crippen LogP contribution >= 0.6 is 0 Å². The number of hydrogen-bond donors (Lipinski definition) is 2. The molecule has 0 fully saturated rings. The number of hydrogen-bond acceptors (Lipinski definition) is 6. The molecule has 0 saturated heterocycles. The molecule has 2 N–H and O–H groups in total. The molecular weight excluding hydrogens is 395 g/mol. The zero-order valence-corrected chi connectivity index (χ0v) is 16.8. The minimum atomic E-state index is -3.58. The second-order valence-corrected chi connectivity index (χ2v) is 9.33. The van der Waals surface area contributed by atoms with Gasteiger partial charge in [0.05, 0.1) is 29.1 Å². The molecule has 2 aromatic carbocycles. The zero-order valence-electron chi connectivity index (χ0n) is 16.0. The Morgan fingerprint density at radius 3 is 2.66 bits per heavy atom. The molecule has 7 nitrogen and oxygen atoms in total. The van der Waals surface area contributed by atoms with Crippen molar-refractivity contribution < 1.29 is 17.5 Å². The van der Waals surface area contributed by atoms with Crippen LogP contribution in [0.4, 0.5) is 15.9 Å². The number of H-pyrrole nitrogens is 1. The van der Waals surface area contributed by atoms with Gasteiger partial charge in [-0.3, -0.25) is 10.1 Å². The lowest BCUT2D eigenvalue weighted by molar-refractivity contribution is 0.403. The van der Waals surface area contributed by atoms with E-state index in [-0.39, 0.29) is 16.5 Å². The topological polar surface area (TPSA) is 97.0 Å². The minimum absolute atomic E-state index is 0.0940. The number of halogens is 1. The van der Waals surface area contributed by atoms with Crippen molar-refractivity contribution in [2.75, 3.05) is 12.4 Å². The first-order valence-electron chi connectivity index (χ1n) is 8.92. The second kappa shape index (κ2) is 7.00. The molecule has 0 saturated carbocycles. The van der Waals surface area contributed by atoms with E-state index in [2.05, 4.69) is 20.5 Å². The van der Waals surface area contributed by atoms with E-state index in [0.717, 1.165) is 0 Å². The van der Waals surface area contributed by atoms with Gasteiger partial charge >= 0.3 is 0 Å². The number of sulfone groups is 1. The van der Waals surface area contributed by atoms with Crippen molar-refractivity contribution in [1.29, 1.82) is 0 Å². The second-order valence-electron chi connectivity index (χ2n) is 6.86. The van der Waals surface area contributed by atoms with Crippen molar-refractivity contribution in [1.82, 2.24) is 15.2 Å². The molecule has 150 valence electrons. The van der Waals surface area contributed by atoms with Gasteiger partial charge in [-0.25, -0.2) is 12.8 Å². The summed E-state index contributed by atoms with van der Waals surface area (Å²) in [5.74, 6) is 0.288. The quantitative estimate of drug-likeness (QED) is 0.508. The van der Waals surface area contributed by atoms with Crippen molar-refractivity contribution in [3.05, 3.63) is 48.4 Å². The third kappa shape index (κ3) is 3.27. The lowest BCUT2D eigenvalue weighted by Gasteiger charge is -2.15. The van der Waals surface area contributed by atoms with E-state index in [1.54, 1.807) is 44.3 Å². The number of aromatic amines is 1. The van der Waals surface area contributed by atoms with Gasteiger partial charge in [0, 0.05) is 23.0 Å². The van der Waals surface area contributed by atoms with Gasteiger partial charge < -0.3 is 10.1 Å². The van der Waals surface area contributed by atoms with Crippen LogP contribution in [0.5, 0.6) is 5.75 Å². The molecule has 4 aromatic rings. The number of nitrogens with zero attached hydrogens (tertiary/aromatic N) is 2. The van der Waals surface area contributed by atoms with Crippen molar-refractivity contribution in [3.63, 3.8) is 0 Å². The number of anilines is 2. The van der Waals surface area contributed by atoms with Gasteiger partial charge in [0.2, 0.25) is 0 Å². The van der Waals surface area contributed by atoms with E-state index in [4.69, 9.17) is 4.74 Å². The van der Waals surface area contributed by atoms with Crippen LogP contribution in [0.1, 0.15) is 13.8 Å². The molecule has 0 amide bonds. The SMILES string of the molecule is COc1cc2nccc(Nc3n[nH]c4ccc(F)cc34)c2cc1S(=O)(=O)C(C)C. The van der Waals surface area contributed by atoms with Gasteiger partial charge in [-0.15, -0.1) is 0 Å². The van der Waals surface area contributed by atoms with Gasteiger partial charge in [0.15, 0.2) is 15.7 Å². The van der Waals surface area contributed by atoms with Crippen LogP contribution < -0.4 is 10.1 Å². The number of nitrogens with one attached hydrogen (secondary N) is 2. The molecule has 0 unspecified atom stereocenters. The molecule has 0 atom stereocenters. The molecule has 4 rings (SSSR count). The Labute approximate surface area is 166 Å². The Hall–Kier alpha value is -3.20. The molecule has 2 aromatic heterocycles. The number of aromatic nitrogens is 3. The molecule has 0 aliphatic rings. The van der Waals surface area contributed by atoms with E-state index < -0.39 is 15.1 Å². The first-order chi connectivity index (χ1) is 13.8. The molecule has 0 spiro atoms. The fraction of sp³-hybridized carbons (Fsp3) is 0.200. The normalized spacial score (nSPS) is 12.0. The number of rotatable bonds is 5. The van der Waals surface area contributed by atoms with Gasteiger partial charge in [-0.05, 0) is 44.2 Å². The third-order valence-corrected chi connectivity index (χ3v) is 6.91. The van der Waals surface area contributed by atoms with Crippen molar-refractivity contribution in [2.24, 2.45) is 0 Å². The molecular formula is C20H19FN4O3S. The lowest BCUT2D eigenvalue weighted by atomic mass is 10.1. The van der Waals surface area contributed by atoms with Crippen LogP contribution in [0.25, 0.3) is 21.8 Å². The van der Waals surface area contributed by atoms with Gasteiger partial charge in [-0.2, -0.15) is 5.10 Å². The fourth-order valence-corrected chi connectivity index (χ4v) is 4.32. The Morgan fingerprint density at radius 1 is 1.14 bits per heavy atom. The van der Waals surface area contributed by atoms with Crippen molar-refractivity contribution in [2.45, 2.75) is 24.0 Å². The number of methoxy groups -OCH3 is 1. The summed E-state index contributed by atoms with van der Waals surface area (Å²) in [7, 11) is -2.16. The highest BCUT2D eigenvalue weighted by atomic mass is 32.2.